The van der Waals surface area contributed by atoms with Crippen LogP contribution in [0, 0.1) is 0 Å². The number of nitrogens with one attached hydrogen (secondary N) is 1. The maximum absolute atomic E-state index is 12.8. The fraction of sp³-hybridized carbons (Fsp3) is 0.190. The molecule has 1 unspecified atom stereocenters. The minimum absolute atomic E-state index is 0.156. The average Bonchev–Trinajstić information content (AvgIpc) is 3.19. The van der Waals surface area contributed by atoms with Gasteiger partial charge in [0.05, 0.1) is 14.9 Å². The van der Waals surface area contributed by atoms with Crippen molar-refractivity contribution >= 4 is 39.0 Å². The molecule has 2 heterocycles. The number of nitrogens with zero attached hydrogens (tertiary/aromatic N) is 2. The molecule has 4 rings (SSSR count). The molecule has 0 radical (unpaired) electrons. The van der Waals surface area contributed by atoms with Crippen LogP contribution in [0.2, 0.25) is 10.0 Å². The zero-order valence-corrected chi connectivity index (χ0v) is 17.8. The molecule has 29 heavy (non-hydrogen) atoms. The second kappa shape index (κ2) is 8.32. The van der Waals surface area contributed by atoms with E-state index in [2.05, 4.69) is 14.6 Å². The van der Waals surface area contributed by atoms with Crippen molar-refractivity contribution in [3.8, 4) is 11.1 Å². The summed E-state index contributed by atoms with van der Waals surface area (Å²) in [5, 5.41) is 0.941. The summed E-state index contributed by atoms with van der Waals surface area (Å²) in [6.45, 7) is 1.36. The molecule has 3 aromatic rings. The third-order valence-corrected chi connectivity index (χ3v) is 7.18. The molecule has 5 nitrogen and oxygen atoms in total. The normalized spacial score (nSPS) is 16.9. The van der Waals surface area contributed by atoms with E-state index in [4.69, 9.17) is 23.2 Å². The number of benzene rings is 2. The van der Waals surface area contributed by atoms with Crippen LogP contribution in [0.15, 0.2) is 71.8 Å². The lowest BCUT2D eigenvalue weighted by Gasteiger charge is -2.18. The number of halogens is 2. The van der Waals surface area contributed by atoms with Crippen molar-refractivity contribution in [2.24, 2.45) is 0 Å². The molecule has 2 aromatic carbocycles. The molecule has 1 N–H and O–H groups in total. The lowest BCUT2D eigenvalue weighted by Crippen LogP contribution is -2.37. The number of sulfonamides is 1. The summed E-state index contributed by atoms with van der Waals surface area (Å²) in [6, 6.07) is 17.6. The first-order valence-electron chi connectivity index (χ1n) is 9.16. The second-order valence-electron chi connectivity index (χ2n) is 6.89. The van der Waals surface area contributed by atoms with E-state index < -0.39 is 10.0 Å². The Bertz CT molecular complexity index is 1110. The molecule has 0 aliphatic carbocycles. The van der Waals surface area contributed by atoms with E-state index in [0.717, 1.165) is 29.9 Å². The van der Waals surface area contributed by atoms with Gasteiger partial charge in [0.25, 0.3) is 0 Å². The average molecular weight is 448 g/mol. The van der Waals surface area contributed by atoms with Crippen molar-refractivity contribution in [3.05, 3.63) is 76.9 Å². The molecule has 8 heteroatoms. The highest BCUT2D eigenvalue weighted by atomic mass is 35.5. The maximum Gasteiger partial charge on any atom is 0.240 e. The van der Waals surface area contributed by atoms with Crippen LogP contribution >= 0.6 is 23.2 Å². The van der Waals surface area contributed by atoms with Crippen LogP contribution in [0.3, 0.4) is 0 Å². The van der Waals surface area contributed by atoms with Crippen molar-refractivity contribution in [2.75, 3.05) is 18.0 Å². The third kappa shape index (κ3) is 4.56. The predicted molar refractivity (Wildman–Crippen MR) is 117 cm³/mol. The molecule has 0 amide bonds. The van der Waals surface area contributed by atoms with Crippen LogP contribution in [0.4, 0.5) is 5.82 Å². The van der Waals surface area contributed by atoms with Crippen molar-refractivity contribution < 1.29 is 8.42 Å². The van der Waals surface area contributed by atoms with Crippen LogP contribution in [0.1, 0.15) is 6.42 Å². The van der Waals surface area contributed by atoms with Crippen LogP contribution in [-0.2, 0) is 10.0 Å². The quantitative estimate of drug-likeness (QED) is 0.619. The topological polar surface area (TPSA) is 62.3 Å². The fourth-order valence-electron chi connectivity index (χ4n) is 3.40. The minimum atomic E-state index is -3.61. The lowest BCUT2D eigenvalue weighted by atomic mass is 10.1. The van der Waals surface area contributed by atoms with E-state index >= 15 is 0 Å². The van der Waals surface area contributed by atoms with E-state index in [9.17, 15) is 8.42 Å². The largest absolute Gasteiger partial charge is 0.355 e. The van der Waals surface area contributed by atoms with Gasteiger partial charge in [0.2, 0.25) is 10.0 Å². The summed E-state index contributed by atoms with van der Waals surface area (Å²) >= 11 is 12.0. The van der Waals surface area contributed by atoms with Gasteiger partial charge in [0.15, 0.2) is 0 Å². The Labute approximate surface area is 180 Å². The molecule has 1 saturated heterocycles. The zero-order valence-electron chi connectivity index (χ0n) is 15.4. The number of hydrogen-bond acceptors (Lipinski definition) is 4. The fourth-order valence-corrected chi connectivity index (χ4v) is 4.95. The van der Waals surface area contributed by atoms with Gasteiger partial charge in [-0.15, -0.1) is 0 Å². The Morgan fingerprint density at radius 2 is 1.72 bits per heavy atom. The van der Waals surface area contributed by atoms with Crippen molar-refractivity contribution in [3.63, 3.8) is 0 Å². The highest BCUT2D eigenvalue weighted by Gasteiger charge is 2.27. The second-order valence-corrected chi connectivity index (χ2v) is 9.42. The molecule has 0 bridgehead atoms. The molecule has 1 fully saturated rings. The Balaban J connectivity index is 1.46. The summed E-state index contributed by atoms with van der Waals surface area (Å²) in [4.78, 5) is 6.65. The van der Waals surface area contributed by atoms with Gasteiger partial charge in [-0.2, -0.15) is 0 Å². The van der Waals surface area contributed by atoms with Gasteiger partial charge in [-0.3, -0.25) is 0 Å². The first kappa shape index (κ1) is 20.2. The molecule has 0 saturated carbocycles. The monoisotopic (exact) mass is 447 g/mol. The van der Waals surface area contributed by atoms with Gasteiger partial charge in [-0.1, -0.05) is 47.5 Å². The Kier molecular flexibility index (Phi) is 5.79. The van der Waals surface area contributed by atoms with Crippen molar-refractivity contribution in [2.45, 2.75) is 17.4 Å². The van der Waals surface area contributed by atoms with Gasteiger partial charge in [-0.05, 0) is 53.9 Å². The van der Waals surface area contributed by atoms with Gasteiger partial charge in [-0.25, -0.2) is 18.1 Å². The first-order chi connectivity index (χ1) is 13.9. The van der Waals surface area contributed by atoms with Crippen molar-refractivity contribution in [1.82, 2.24) is 9.71 Å². The van der Waals surface area contributed by atoms with Gasteiger partial charge in [0.1, 0.15) is 5.82 Å². The van der Waals surface area contributed by atoms with Gasteiger partial charge < -0.3 is 4.90 Å². The molecule has 1 aliphatic rings. The zero-order chi connectivity index (χ0) is 20.4. The maximum atomic E-state index is 12.8. The molecule has 1 aliphatic heterocycles. The highest BCUT2D eigenvalue weighted by molar-refractivity contribution is 7.89. The van der Waals surface area contributed by atoms with Gasteiger partial charge >= 0.3 is 0 Å². The van der Waals surface area contributed by atoms with E-state index in [0.29, 0.717) is 16.6 Å². The number of pyridine rings is 1. The summed E-state index contributed by atoms with van der Waals surface area (Å²) in [6.07, 6.45) is 2.47. The predicted octanol–water partition coefficient (Wildman–Crippen LogP) is 4.61. The summed E-state index contributed by atoms with van der Waals surface area (Å²) < 4.78 is 28.4. The molecule has 1 atom stereocenters. The number of rotatable bonds is 5. The van der Waals surface area contributed by atoms with Crippen LogP contribution in [0.25, 0.3) is 11.1 Å². The van der Waals surface area contributed by atoms with E-state index in [1.165, 1.54) is 0 Å². The highest BCUT2D eigenvalue weighted by Crippen LogP contribution is 2.29. The molecule has 0 spiro atoms. The smallest absolute Gasteiger partial charge is 0.240 e. The van der Waals surface area contributed by atoms with Crippen LogP contribution in [-0.4, -0.2) is 32.5 Å². The summed E-state index contributed by atoms with van der Waals surface area (Å²) in [5.41, 5.74) is 1.74. The summed E-state index contributed by atoms with van der Waals surface area (Å²) in [5.74, 6) is 0.861. The minimum Gasteiger partial charge on any atom is -0.355 e. The molecule has 1 aromatic heterocycles. The molecular formula is C21H19Cl2N3O2S. The molecular weight excluding hydrogens is 429 g/mol. The van der Waals surface area contributed by atoms with Crippen LogP contribution in [0.5, 0.6) is 0 Å². The lowest BCUT2D eigenvalue weighted by molar-refractivity contribution is 0.561. The SMILES string of the molecule is O=S(=O)(NC1CCN(c2ccccn2)C1)c1ccc(-c2ccc(Cl)c(Cl)c2)cc1. The Hall–Kier alpha value is -2.12. The molecule has 150 valence electrons. The number of aromatic nitrogens is 1. The summed E-state index contributed by atoms with van der Waals surface area (Å²) in [7, 11) is -3.61. The van der Waals surface area contributed by atoms with Crippen molar-refractivity contribution in [1.29, 1.82) is 0 Å². The van der Waals surface area contributed by atoms with E-state index in [-0.39, 0.29) is 10.9 Å². The number of anilines is 1. The first-order valence-corrected chi connectivity index (χ1v) is 11.4. The third-order valence-electron chi connectivity index (χ3n) is 4.90. The van der Waals surface area contributed by atoms with Gasteiger partial charge in [0, 0.05) is 25.3 Å². The standard InChI is InChI=1S/C21H19Cl2N3O2S/c22-19-9-6-16(13-20(19)23)15-4-7-18(8-5-15)29(27,28)25-17-10-12-26(14-17)21-3-1-2-11-24-21/h1-9,11,13,17,25H,10,12,14H2. The number of hydrogen-bond donors (Lipinski definition) is 1. The Morgan fingerprint density at radius 1 is 0.966 bits per heavy atom. The van der Waals surface area contributed by atoms with E-state index in [1.54, 1.807) is 42.6 Å². The van der Waals surface area contributed by atoms with E-state index in [1.807, 2.05) is 24.3 Å². The van der Waals surface area contributed by atoms with Crippen LogP contribution < -0.4 is 9.62 Å². The Morgan fingerprint density at radius 3 is 2.41 bits per heavy atom.